The minimum atomic E-state index is -0.218. The van der Waals surface area contributed by atoms with Crippen molar-refractivity contribution in [3.05, 3.63) is 44.6 Å². The molecule has 0 bridgehead atoms. The summed E-state index contributed by atoms with van der Waals surface area (Å²) in [7, 11) is 0. The number of aryl methyl sites for hydroxylation is 1. The van der Waals surface area contributed by atoms with Crippen LogP contribution < -0.4 is 9.44 Å². The SMILES string of the molecule is CCc1cc[n+](-c2[nH]c(=O)sc2C=O)cc1. The van der Waals surface area contributed by atoms with Gasteiger partial charge in [0.05, 0.1) is 12.4 Å². The largest absolute Gasteiger partial charge is 0.390 e. The molecule has 2 heterocycles. The van der Waals surface area contributed by atoms with Crippen LogP contribution in [0.25, 0.3) is 5.82 Å². The first kappa shape index (κ1) is 10.8. The van der Waals surface area contributed by atoms with Crippen LogP contribution in [0.1, 0.15) is 22.2 Å². The Bertz CT molecular complexity index is 554. The summed E-state index contributed by atoms with van der Waals surface area (Å²) in [5.74, 6) is 0.535. The van der Waals surface area contributed by atoms with E-state index in [4.69, 9.17) is 0 Å². The van der Waals surface area contributed by atoms with Crippen LogP contribution in [0.15, 0.2) is 29.3 Å². The van der Waals surface area contributed by atoms with E-state index in [-0.39, 0.29) is 4.87 Å². The number of nitrogens with one attached hydrogen (secondary N) is 1. The van der Waals surface area contributed by atoms with Crippen molar-refractivity contribution < 1.29 is 9.36 Å². The molecule has 0 aliphatic rings. The van der Waals surface area contributed by atoms with Gasteiger partial charge in [0.15, 0.2) is 11.2 Å². The number of pyridine rings is 1. The monoisotopic (exact) mass is 235 g/mol. The first-order valence-corrected chi connectivity index (χ1v) is 5.75. The molecule has 0 unspecified atom stereocenters. The van der Waals surface area contributed by atoms with Gasteiger partial charge >= 0.3 is 10.7 Å². The summed E-state index contributed by atoms with van der Waals surface area (Å²) in [6.45, 7) is 2.07. The molecular formula is C11H11N2O2S+. The Kier molecular flexibility index (Phi) is 2.96. The van der Waals surface area contributed by atoms with E-state index < -0.39 is 0 Å². The van der Waals surface area contributed by atoms with Gasteiger partial charge in [-0.1, -0.05) is 6.92 Å². The van der Waals surface area contributed by atoms with Gasteiger partial charge in [0.2, 0.25) is 0 Å². The van der Waals surface area contributed by atoms with Crippen molar-refractivity contribution in [2.45, 2.75) is 13.3 Å². The number of aromatic nitrogens is 2. The minimum Gasteiger partial charge on any atom is -0.297 e. The summed E-state index contributed by atoms with van der Waals surface area (Å²) in [5.41, 5.74) is 1.21. The molecule has 0 aliphatic carbocycles. The van der Waals surface area contributed by atoms with Crippen LogP contribution in [0, 0.1) is 0 Å². The summed E-state index contributed by atoms with van der Waals surface area (Å²) in [6.07, 6.45) is 5.33. The predicted octanol–water partition coefficient (Wildman–Crippen LogP) is 1.09. The molecule has 2 aromatic heterocycles. The standard InChI is InChI=1S/C11H10N2O2S/c1-2-8-3-5-13(6-4-8)10-9(7-14)16-11(15)12-10/h3-7H,2H2,1H3/p+1. The zero-order chi connectivity index (χ0) is 11.5. The quantitative estimate of drug-likeness (QED) is 0.639. The molecule has 5 heteroatoms. The van der Waals surface area contributed by atoms with E-state index in [1.165, 1.54) is 5.56 Å². The molecule has 0 atom stereocenters. The van der Waals surface area contributed by atoms with Gasteiger partial charge in [-0.3, -0.25) is 4.79 Å². The van der Waals surface area contributed by atoms with Crippen LogP contribution in [0.5, 0.6) is 0 Å². The molecule has 16 heavy (non-hydrogen) atoms. The fourth-order valence-corrected chi connectivity index (χ4v) is 2.09. The lowest BCUT2D eigenvalue weighted by molar-refractivity contribution is -0.599. The lowest BCUT2D eigenvalue weighted by Crippen LogP contribution is -2.31. The van der Waals surface area contributed by atoms with Crippen molar-refractivity contribution in [2.75, 3.05) is 0 Å². The highest BCUT2D eigenvalue weighted by Crippen LogP contribution is 2.06. The lowest BCUT2D eigenvalue weighted by Gasteiger charge is -1.97. The van der Waals surface area contributed by atoms with E-state index in [2.05, 4.69) is 11.9 Å². The summed E-state index contributed by atoms with van der Waals surface area (Å²) < 4.78 is 1.74. The number of nitrogens with zero attached hydrogens (tertiary/aromatic N) is 1. The zero-order valence-electron chi connectivity index (χ0n) is 8.77. The van der Waals surface area contributed by atoms with Crippen LogP contribution in [0.2, 0.25) is 0 Å². The number of rotatable bonds is 3. The van der Waals surface area contributed by atoms with E-state index in [0.29, 0.717) is 17.0 Å². The molecule has 1 N–H and O–H groups in total. The number of aldehydes is 1. The van der Waals surface area contributed by atoms with Crippen molar-refractivity contribution in [1.82, 2.24) is 4.98 Å². The summed E-state index contributed by atoms with van der Waals surface area (Å²) in [5, 5.41) is 0. The molecule has 0 aromatic carbocycles. The molecule has 2 aromatic rings. The van der Waals surface area contributed by atoms with Gasteiger partial charge < -0.3 is 0 Å². The number of carbonyl (C=O) groups excluding carboxylic acids is 1. The van der Waals surface area contributed by atoms with Gasteiger partial charge in [0.25, 0.3) is 0 Å². The van der Waals surface area contributed by atoms with Crippen molar-refractivity contribution in [2.24, 2.45) is 0 Å². The predicted molar refractivity (Wildman–Crippen MR) is 61.2 cm³/mol. The van der Waals surface area contributed by atoms with Gasteiger partial charge in [0.1, 0.15) is 0 Å². The molecule has 0 aliphatic heterocycles. The number of thiazole rings is 1. The maximum absolute atomic E-state index is 11.2. The Morgan fingerprint density at radius 2 is 2.12 bits per heavy atom. The number of carbonyl (C=O) groups is 1. The van der Waals surface area contributed by atoms with Crippen LogP contribution in [-0.2, 0) is 6.42 Å². The highest BCUT2D eigenvalue weighted by atomic mass is 32.1. The third kappa shape index (κ3) is 1.94. The molecule has 4 nitrogen and oxygen atoms in total. The Labute approximate surface area is 96.2 Å². The second-order valence-electron chi connectivity index (χ2n) is 3.31. The lowest BCUT2D eigenvalue weighted by atomic mass is 10.2. The van der Waals surface area contributed by atoms with Crippen molar-refractivity contribution in [3.8, 4) is 5.82 Å². The number of hydrogen-bond donors (Lipinski definition) is 1. The van der Waals surface area contributed by atoms with Gasteiger partial charge in [0, 0.05) is 0 Å². The Morgan fingerprint density at radius 1 is 1.44 bits per heavy atom. The first-order chi connectivity index (χ1) is 7.74. The van der Waals surface area contributed by atoms with E-state index in [1.807, 2.05) is 24.5 Å². The zero-order valence-corrected chi connectivity index (χ0v) is 9.58. The highest BCUT2D eigenvalue weighted by molar-refractivity contribution is 7.11. The smallest absolute Gasteiger partial charge is 0.297 e. The molecule has 82 valence electrons. The third-order valence-electron chi connectivity index (χ3n) is 2.33. The molecule has 0 saturated heterocycles. The first-order valence-electron chi connectivity index (χ1n) is 4.93. The van der Waals surface area contributed by atoms with Gasteiger partial charge in [-0.25, -0.2) is 9.36 Å². The fraction of sp³-hybridized carbons (Fsp3) is 0.182. The Morgan fingerprint density at radius 3 is 2.69 bits per heavy atom. The molecule has 0 spiro atoms. The summed E-state index contributed by atoms with van der Waals surface area (Å²) in [4.78, 5) is 24.8. The van der Waals surface area contributed by atoms with E-state index in [0.717, 1.165) is 17.8 Å². The maximum Gasteiger partial charge on any atom is 0.390 e. The fourth-order valence-electron chi connectivity index (χ4n) is 1.45. The minimum absolute atomic E-state index is 0.218. The second-order valence-corrected chi connectivity index (χ2v) is 4.33. The van der Waals surface area contributed by atoms with Crippen molar-refractivity contribution in [3.63, 3.8) is 0 Å². The Balaban J connectivity index is 2.49. The summed E-state index contributed by atoms with van der Waals surface area (Å²) >= 11 is 0.919. The maximum atomic E-state index is 11.2. The normalized spacial score (nSPS) is 10.3. The molecule has 0 amide bonds. The van der Waals surface area contributed by atoms with E-state index >= 15 is 0 Å². The summed E-state index contributed by atoms with van der Waals surface area (Å²) in [6, 6.07) is 3.93. The average molecular weight is 235 g/mol. The van der Waals surface area contributed by atoms with Crippen LogP contribution >= 0.6 is 11.3 Å². The number of aromatic amines is 1. The molecule has 0 radical (unpaired) electrons. The topological polar surface area (TPSA) is 53.8 Å². The second kappa shape index (κ2) is 4.40. The molecule has 0 fully saturated rings. The van der Waals surface area contributed by atoms with Gasteiger partial charge in [-0.15, -0.1) is 0 Å². The third-order valence-corrected chi connectivity index (χ3v) is 3.13. The van der Waals surface area contributed by atoms with Crippen LogP contribution in [0.3, 0.4) is 0 Å². The highest BCUT2D eigenvalue weighted by Gasteiger charge is 2.16. The molecular weight excluding hydrogens is 224 g/mol. The van der Waals surface area contributed by atoms with E-state index in [9.17, 15) is 9.59 Å². The van der Waals surface area contributed by atoms with Crippen LogP contribution in [-0.4, -0.2) is 11.3 Å². The number of H-pyrrole nitrogens is 1. The van der Waals surface area contributed by atoms with Gasteiger partial charge in [-0.05, 0) is 35.5 Å². The average Bonchev–Trinajstić information content (AvgIpc) is 2.70. The number of hydrogen-bond acceptors (Lipinski definition) is 3. The van der Waals surface area contributed by atoms with Gasteiger partial charge in [-0.2, -0.15) is 4.98 Å². The van der Waals surface area contributed by atoms with Crippen LogP contribution in [0.4, 0.5) is 0 Å². The Hall–Kier alpha value is -1.75. The van der Waals surface area contributed by atoms with E-state index in [1.54, 1.807) is 4.57 Å². The van der Waals surface area contributed by atoms with Crippen molar-refractivity contribution in [1.29, 1.82) is 0 Å². The molecule has 0 saturated carbocycles. The van der Waals surface area contributed by atoms with Crippen molar-refractivity contribution >= 4 is 17.6 Å². The molecule has 2 rings (SSSR count).